The summed E-state index contributed by atoms with van der Waals surface area (Å²) in [6.07, 6.45) is 1.81. The van der Waals surface area contributed by atoms with Crippen LogP contribution in [0, 0.1) is 0 Å². The monoisotopic (exact) mass is 319 g/mol. The third kappa shape index (κ3) is 4.31. The SMILES string of the molecule is CC(C)(C)OC(=O)N1CCC(N2CCCNS2(=O)=O)CC1. The number of likely N-dealkylation sites (tertiary alicyclic amines) is 1. The summed E-state index contributed by atoms with van der Waals surface area (Å²) < 4.78 is 33.4. The highest BCUT2D eigenvalue weighted by Crippen LogP contribution is 2.22. The molecule has 0 aliphatic carbocycles. The summed E-state index contributed by atoms with van der Waals surface area (Å²) in [4.78, 5) is 13.6. The first-order valence-corrected chi connectivity index (χ1v) is 8.87. The molecule has 2 heterocycles. The zero-order valence-corrected chi connectivity index (χ0v) is 13.8. The molecule has 0 aromatic heterocycles. The quantitative estimate of drug-likeness (QED) is 0.780. The number of hydrogen-bond acceptors (Lipinski definition) is 4. The molecule has 0 atom stereocenters. The lowest BCUT2D eigenvalue weighted by Gasteiger charge is -2.39. The van der Waals surface area contributed by atoms with E-state index >= 15 is 0 Å². The van der Waals surface area contributed by atoms with Gasteiger partial charge in [0.2, 0.25) is 0 Å². The van der Waals surface area contributed by atoms with Gasteiger partial charge in [-0.25, -0.2) is 9.52 Å². The third-order valence-corrected chi connectivity index (χ3v) is 5.34. The van der Waals surface area contributed by atoms with Crippen LogP contribution in [0.1, 0.15) is 40.0 Å². The summed E-state index contributed by atoms with van der Waals surface area (Å²) in [5, 5.41) is 0. The van der Waals surface area contributed by atoms with E-state index in [0.717, 1.165) is 6.42 Å². The van der Waals surface area contributed by atoms with Crippen LogP contribution in [-0.4, -0.2) is 61.5 Å². The van der Waals surface area contributed by atoms with E-state index in [4.69, 9.17) is 4.74 Å². The van der Waals surface area contributed by atoms with Crippen LogP contribution in [0.15, 0.2) is 0 Å². The molecule has 8 heteroatoms. The van der Waals surface area contributed by atoms with Crippen LogP contribution in [0.25, 0.3) is 0 Å². The van der Waals surface area contributed by atoms with Gasteiger partial charge in [-0.3, -0.25) is 0 Å². The number of carbonyl (C=O) groups is 1. The van der Waals surface area contributed by atoms with E-state index in [1.165, 1.54) is 0 Å². The lowest BCUT2D eigenvalue weighted by Crippen LogP contribution is -2.55. The molecule has 2 saturated heterocycles. The first kappa shape index (κ1) is 16.5. The molecule has 0 aromatic carbocycles. The molecule has 1 N–H and O–H groups in total. The molecular formula is C13H25N3O4S. The first-order valence-electron chi connectivity index (χ1n) is 7.43. The molecule has 122 valence electrons. The van der Waals surface area contributed by atoms with Gasteiger partial charge in [0.05, 0.1) is 0 Å². The minimum absolute atomic E-state index is 0.0264. The van der Waals surface area contributed by atoms with Crippen molar-refractivity contribution in [1.29, 1.82) is 0 Å². The Hall–Kier alpha value is -0.860. The van der Waals surface area contributed by atoms with Gasteiger partial charge in [0.15, 0.2) is 0 Å². The van der Waals surface area contributed by atoms with Crippen molar-refractivity contribution in [1.82, 2.24) is 13.9 Å². The molecule has 0 radical (unpaired) electrons. The van der Waals surface area contributed by atoms with Crippen molar-refractivity contribution in [3.63, 3.8) is 0 Å². The Morgan fingerprint density at radius 1 is 1.19 bits per heavy atom. The Bertz CT molecular complexity index is 478. The average Bonchev–Trinajstić information content (AvgIpc) is 2.36. The van der Waals surface area contributed by atoms with Crippen molar-refractivity contribution in [2.45, 2.75) is 51.7 Å². The Balaban J connectivity index is 1.90. The van der Waals surface area contributed by atoms with Crippen LogP contribution < -0.4 is 4.72 Å². The van der Waals surface area contributed by atoms with Gasteiger partial charge >= 0.3 is 6.09 Å². The molecule has 21 heavy (non-hydrogen) atoms. The second-order valence-electron chi connectivity index (χ2n) is 6.56. The first-order chi connectivity index (χ1) is 9.69. The maximum absolute atomic E-state index is 12.0. The Morgan fingerprint density at radius 2 is 1.81 bits per heavy atom. The minimum atomic E-state index is -3.34. The molecule has 2 rings (SSSR count). The van der Waals surface area contributed by atoms with E-state index in [9.17, 15) is 13.2 Å². The van der Waals surface area contributed by atoms with Crippen LogP contribution in [-0.2, 0) is 14.9 Å². The number of hydrogen-bond donors (Lipinski definition) is 1. The van der Waals surface area contributed by atoms with E-state index in [0.29, 0.717) is 39.0 Å². The van der Waals surface area contributed by atoms with Gasteiger partial charge in [-0.2, -0.15) is 12.7 Å². The zero-order valence-electron chi connectivity index (χ0n) is 13.0. The van der Waals surface area contributed by atoms with Gasteiger partial charge in [-0.15, -0.1) is 0 Å². The lowest BCUT2D eigenvalue weighted by atomic mass is 10.1. The maximum Gasteiger partial charge on any atom is 0.410 e. The number of rotatable bonds is 1. The molecule has 0 bridgehead atoms. The predicted octanol–water partition coefficient (Wildman–Crippen LogP) is 0.926. The second kappa shape index (κ2) is 6.10. The van der Waals surface area contributed by atoms with Crippen molar-refractivity contribution in [2.75, 3.05) is 26.2 Å². The fourth-order valence-electron chi connectivity index (χ4n) is 2.68. The zero-order chi connectivity index (χ0) is 15.7. The van der Waals surface area contributed by atoms with Crippen molar-refractivity contribution in [2.24, 2.45) is 0 Å². The number of carbonyl (C=O) groups excluding carboxylic acids is 1. The molecule has 1 amide bonds. The van der Waals surface area contributed by atoms with Crippen LogP contribution in [0.2, 0.25) is 0 Å². The molecule has 0 aromatic rings. The Kier molecular flexibility index (Phi) is 4.79. The van der Waals surface area contributed by atoms with Crippen molar-refractivity contribution < 1.29 is 17.9 Å². The second-order valence-corrected chi connectivity index (χ2v) is 8.27. The number of amides is 1. The normalized spacial score (nSPS) is 24.8. The van der Waals surface area contributed by atoms with Crippen molar-refractivity contribution in [3.8, 4) is 0 Å². The van der Waals surface area contributed by atoms with E-state index in [2.05, 4.69) is 4.72 Å². The summed E-state index contributed by atoms with van der Waals surface area (Å²) in [6, 6.07) is -0.0264. The summed E-state index contributed by atoms with van der Waals surface area (Å²) in [7, 11) is -3.34. The fraction of sp³-hybridized carbons (Fsp3) is 0.923. The van der Waals surface area contributed by atoms with Crippen molar-refractivity contribution in [3.05, 3.63) is 0 Å². The number of nitrogens with one attached hydrogen (secondary N) is 1. The Morgan fingerprint density at radius 3 is 2.33 bits per heavy atom. The van der Waals surface area contributed by atoms with Crippen molar-refractivity contribution >= 4 is 16.3 Å². The predicted molar refractivity (Wildman–Crippen MR) is 79.1 cm³/mol. The lowest BCUT2D eigenvalue weighted by molar-refractivity contribution is 0.0176. The maximum atomic E-state index is 12.0. The molecule has 2 aliphatic heterocycles. The van der Waals surface area contributed by atoms with Gasteiger partial charge in [0, 0.05) is 32.2 Å². The van der Waals surface area contributed by atoms with E-state index in [1.807, 2.05) is 20.8 Å². The summed E-state index contributed by atoms with van der Waals surface area (Å²) in [6.45, 7) is 7.65. The van der Waals surface area contributed by atoms with E-state index in [1.54, 1.807) is 9.21 Å². The highest BCUT2D eigenvalue weighted by molar-refractivity contribution is 7.87. The van der Waals surface area contributed by atoms with Crippen LogP contribution >= 0.6 is 0 Å². The number of nitrogens with zero attached hydrogens (tertiary/aromatic N) is 2. The van der Waals surface area contributed by atoms with Gasteiger partial charge < -0.3 is 9.64 Å². The van der Waals surface area contributed by atoms with E-state index in [-0.39, 0.29) is 12.1 Å². The Labute approximate surface area is 126 Å². The van der Waals surface area contributed by atoms with Gasteiger partial charge in [0.25, 0.3) is 10.2 Å². The standard InChI is InChI=1S/C13H25N3O4S/c1-13(2,3)20-12(17)15-9-5-11(6-10-15)16-8-4-7-14-21(16,18)19/h11,14H,4-10H2,1-3H3. The molecule has 0 spiro atoms. The highest BCUT2D eigenvalue weighted by atomic mass is 32.2. The fourth-order valence-corrected chi connectivity index (χ4v) is 4.22. The summed E-state index contributed by atoms with van der Waals surface area (Å²) in [5.74, 6) is 0. The molecule has 0 saturated carbocycles. The minimum Gasteiger partial charge on any atom is -0.444 e. The molecule has 7 nitrogen and oxygen atoms in total. The van der Waals surface area contributed by atoms with Gasteiger partial charge in [0.1, 0.15) is 5.60 Å². The van der Waals surface area contributed by atoms with Gasteiger partial charge in [-0.05, 0) is 40.0 Å². The van der Waals surface area contributed by atoms with Crippen LogP contribution in [0.5, 0.6) is 0 Å². The van der Waals surface area contributed by atoms with Crippen LogP contribution in [0.3, 0.4) is 0 Å². The highest BCUT2D eigenvalue weighted by Gasteiger charge is 2.35. The average molecular weight is 319 g/mol. The third-order valence-electron chi connectivity index (χ3n) is 3.67. The topological polar surface area (TPSA) is 79.0 Å². The number of ether oxygens (including phenoxy) is 1. The van der Waals surface area contributed by atoms with E-state index < -0.39 is 15.8 Å². The molecular weight excluding hydrogens is 294 g/mol. The molecule has 0 unspecified atom stereocenters. The van der Waals surface area contributed by atoms with Crippen LogP contribution in [0.4, 0.5) is 4.79 Å². The largest absolute Gasteiger partial charge is 0.444 e. The number of piperidine rings is 1. The summed E-state index contributed by atoms with van der Waals surface area (Å²) in [5.41, 5.74) is -0.506. The summed E-state index contributed by atoms with van der Waals surface area (Å²) >= 11 is 0. The molecule has 2 fully saturated rings. The van der Waals surface area contributed by atoms with Gasteiger partial charge in [-0.1, -0.05) is 0 Å². The smallest absolute Gasteiger partial charge is 0.410 e. The molecule has 2 aliphatic rings.